The van der Waals surface area contributed by atoms with Crippen LogP contribution in [0.1, 0.15) is 36.2 Å². The zero-order valence-electron chi connectivity index (χ0n) is 18.7. The Kier molecular flexibility index (Phi) is 8.10. The maximum absolute atomic E-state index is 12.3. The maximum atomic E-state index is 12.3. The number of piperazine rings is 1. The van der Waals surface area contributed by atoms with Gasteiger partial charge in [0.15, 0.2) is 5.11 Å². The van der Waals surface area contributed by atoms with Crippen LogP contribution in [0, 0.1) is 12.8 Å². The first-order valence-electron chi connectivity index (χ1n) is 10.7. The van der Waals surface area contributed by atoms with Gasteiger partial charge in [0.1, 0.15) is 0 Å². The van der Waals surface area contributed by atoms with Crippen molar-refractivity contribution in [1.82, 2.24) is 10.2 Å². The molecule has 0 unspecified atom stereocenters. The van der Waals surface area contributed by atoms with Crippen molar-refractivity contribution in [3.8, 4) is 0 Å². The van der Waals surface area contributed by atoms with Crippen LogP contribution in [0.2, 0.25) is 5.02 Å². The first-order valence-corrected chi connectivity index (χ1v) is 11.5. The zero-order chi connectivity index (χ0) is 23.3. The molecule has 0 radical (unpaired) electrons. The molecule has 8 heteroatoms. The van der Waals surface area contributed by atoms with Gasteiger partial charge in [-0.25, -0.2) is 0 Å². The number of hydrogen-bond acceptors (Lipinski definition) is 4. The minimum absolute atomic E-state index is 0.205. The van der Waals surface area contributed by atoms with Crippen LogP contribution in [-0.4, -0.2) is 48.0 Å². The van der Waals surface area contributed by atoms with E-state index in [2.05, 4.69) is 29.4 Å². The Bertz CT molecular complexity index is 986. The van der Waals surface area contributed by atoms with Crippen molar-refractivity contribution >= 4 is 52.1 Å². The van der Waals surface area contributed by atoms with Crippen molar-refractivity contribution in [3.05, 3.63) is 58.6 Å². The summed E-state index contributed by atoms with van der Waals surface area (Å²) in [6.45, 7) is 8.94. The molecule has 0 aliphatic carbocycles. The molecular weight excluding hydrogens is 444 g/mol. The van der Waals surface area contributed by atoms with E-state index in [9.17, 15) is 9.59 Å². The first kappa shape index (κ1) is 24.0. The van der Waals surface area contributed by atoms with E-state index in [-0.39, 0.29) is 16.9 Å². The van der Waals surface area contributed by atoms with Gasteiger partial charge < -0.3 is 15.1 Å². The van der Waals surface area contributed by atoms with E-state index in [0.717, 1.165) is 24.3 Å². The quantitative estimate of drug-likeness (QED) is 0.628. The van der Waals surface area contributed by atoms with Gasteiger partial charge >= 0.3 is 0 Å². The molecule has 0 aromatic heterocycles. The SMILES string of the molecule is Cc1ccc(C(=O)NC(=S)Nc2ccc(N3CCN(C(=O)CC(C)C)CC3)c(Cl)c2)cc1. The van der Waals surface area contributed by atoms with Gasteiger partial charge in [-0.05, 0) is 55.4 Å². The molecule has 1 fully saturated rings. The highest BCUT2D eigenvalue weighted by molar-refractivity contribution is 7.80. The second-order valence-corrected chi connectivity index (χ2v) is 9.22. The van der Waals surface area contributed by atoms with Gasteiger partial charge in [0.05, 0.1) is 10.7 Å². The van der Waals surface area contributed by atoms with E-state index in [1.54, 1.807) is 18.2 Å². The van der Waals surface area contributed by atoms with Crippen LogP contribution in [0.5, 0.6) is 0 Å². The minimum Gasteiger partial charge on any atom is -0.367 e. The van der Waals surface area contributed by atoms with Crippen LogP contribution < -0.4 is 15.5 Å². The highest BCUT2D eigenvalue weighted by atomic mass is 35.5. The summed E-state index contributed by atoms with van der Waals surface area (Å²) >= 11 is 11.8. The number of amides is 2. The molecular formula is C24H29ClN4O2S. The van der Waals surface area contributed by atoms with Crippen LogP contribution in [0.25, 0.3) is 0 Å². The third-order valence-electron chi connectivity index (χ3n) is 5.30. The van der Waals surface area contributed by atoms with Gasteiger partial charge in [-0.15, -0.1) is 0 Å². The van der Waals surface area contributed by atoms with E-state index in [1.165, 1.54) is 0 Å². The summed E-state index contributed by atoms with van der Waals surface area (Å²) in [5.74, 6) is 0.310. The molecule has 32 heavy (non-hydrogen) atoms. The molecule has 1 heterocycles. The van der Waals surface area contributed by atoms with Gasteiger partial charge in [0.25, 0.3) is 5.91 Å². The average Bonchev–Trinajstić information content (AvgIpc) is 2.74. The van der Waals surface area contributed by atoms with E-state index >= 15 is 0 Å². The van der Waals surface area contributed by atoms with Gasteiger partial charge in [-0.2, -0.15) is 0 Å². The third kappa shape index (κ3) is 6.43. The molecule has 170 valence electrons. The molecule has 0 atom stereocenters. The molecule has 0 bridgehead atoms. The summed E-state index contributed by atoms with van der Waals surface area (Å²) < 4.78 is 0. The molecule has 2 aromatic carbocycles. The number of nitrogens with zero attached hydrogens (tertiary/aromatic N) is 2. The topological polar surface area (TPSA) is 64.7 Å². The molecule has 1 aliphatic rings. The summed E-state index contributed by atoms with van der Waals surface area (Å²) in [7, 11) is 0. The normalized spacial score (nSPS) is 13.8. The molecule has 2 N–H and O–H groups in total. The fourth-order valence-corrected chi connectivity index (χ4v) is 4.07. The number of aryl methyl sites for hydroxylation is 1. The van der Waals surface area contributed by atoms with Gasteiger partial charge in [-0.3, -0.25) is 14.9 Å². The summed E-state index contributed by atoms with van der Waals surface area (Å²) in [5, 5.41) is 6.48. The maximum Gasteiger partial charge on any atom is 0.257 e. The lowest BCUT2D eigenvalue weighted by Gasteiger charge is -2.37. The lowest BCUT2D eigenvalue weighted by atomic mass is 10.1. The smallest absolute Gasteiger partial charge is 0.257 e. The standard InChI is InChI=1S/C24H29ClN4O2S/c1-16(2)14-22(30)29-12-10-28(11-13-29)21-9-8-19(15-20(21)25)26-24(32)27-23(31)18-6-4-17(3)5-7-18/h4-9,15-16H,10-14H2,1-3H3,(H2,26,27,31,32). The van der Waals surface area contributed by atoms with Gasteiger partial charge in [0.2, 0.25) is 5.91 Å². The summed E-state index contributed by atoms with van der Waals surface area (Å²) in [6, 6.07) is 12.9. The molecule has 2 aromatic rings. The molecule has 0 spiro atoms. The summed E-state index contributed by atoms with van der Waals surface area (Å²) in [4.78, 5) is 28.7. The first-order chi connectivity index (χ1) is 15.2. The molecule has 6 nitrogen and oxygen atoms in total. The largest absolute Gasteiger partial charge is 0.367 e. The Morgan fingerprint density at radius 2 is 1.72 bits per heavy atom. The van der Waals surface area contributed by atoms with E-state index in [0.29, 0.717) is 41.7 Å². The minimum atomic E-state index is -0.268. The van der Waals surface area contributed by atoms with E-state index in [4.69, 9.17) is 23.8 Å². The van der Waals surface area contributed by atoms with Crippen molar-refractivity contribution in [1.29, 1.82) is 0 Å². The number of benzene rings is 2. The second-order valence-electron chi connectivity index (χ2n) is 8.41. The predicted octanol–water partition coefficient (Wildman–Crippen LogP) is 4.47. The molecule has 1 saturated heterocycles. The number of carbonyl (C=O) groups is 2. The number of carbonyl (C=O) groups excluding carboxylic acids is 2. The van der Waals surface area contributed by atoms with Crippen LogP contribution in [-0.2, 0) is 4.79 Å². The average molecular weight is 473 g/mol. The van der Waals surface area contributed by atoms with Crippen LogP contribution in [0.3, 0.4) is 0 Å². The van der Waals surface area contributed by atoms with Crippen molar-refractivity contribution in [2.24, 2.45) is 5.92 Å². The highest BCUT2D eigenvalue weighted by Gasteiger charge is 2.23. The third-order valence-corrected chi connectivity index (χ3v) is 5.81. The van der Waals surface area contributed by atoms with Crippen molar-refractivity contribution in [3.63, 3.8) is 0 Å². The molecule has 2 amide bonds. The Hall–Kier alpha value is -2.64. The fraction of sp³-hybridized carbons (Fsp3) is 0.375. The van der Waals surface area contributed by atoms with E-state index in [1.807, 2.05) is 36.1 Å². The van der Waals surface area contributed by atoms with Crippen LogP contribution in [0.15, 0.2) is 42.5 Å². The Balaban J connectivity index is 1.55. The highest BCUT2D eigenvalue weighted by Crippen LogP contribution is 2.30. The van der Waals surface area contributed by atoms with Crippen molar-refractivity contribution in [2.45, 2.75) is 27.2 Å². The van der Waals surface area contributed by atoms with Crippen LogP contribution in [0.4, 0.5) is 11.4 Å². The molecule has 0 saturated carbocycles. The van der Waals surface area contributed by atoms with Gasteiger partial charge in [0, 0.05) is 43.9 Å². The predicted molar refractivity (Wildman–Crippen MR) is 135 cm³/mol. The number of thiocarbonyl (C=S) groups is 1. The summed E-state index contributed by atoms with van der Waals surface area (Å²) in [5.41, 5.74) is 3.24. The lowest BCUT2D eigenvalue weighted by Crippen LogP contribution is -2.49. The lowest BCUT2D eigenvalue weighted by molar-refractivity contribution is -0.132. The fourth-order valence-electron chi connectivity index (χ4n) is 3.56. The Morgan fingerprint density at radius 1 is 1.06 bits per heavy atom. The number of hydrogen-bond donors (Lipinski definition) is 2. The number of halogens is 1. The van der Waals surface area contributed by atoms with Crippen LogP contribution >= 0.6 is 23.8 Å². The second kappa shape index (κ2) is 10.8. The molecule has 1 aliphatic heterocycles. The number of nitrogens with one attached hydrogen (secondary N) is 2. The molecule has 3 rings (SSSR count). The Labute approximate surface area is 199 Å². The summed E-state index contributed by atoms with van der Waals surface area (Å²) in [6.07, 6.45) is 0.585. The Morgan fingerprint density at radius 3 is 2.31 bits per heavy atom. The van der Waals surface area contributed by atoms with Gasteiger partial charge in [-0.1, -0.05) is 43.1 Å². The van der Waals surface area contributed by atoms with E-state index < -0.39 is 0 Å². The monoisotopic (exact) mass is 472 g/mol. The van der Waals surface area contributed by atoms with Crippen molar-refractivity contribution in [2.75, 3.05) is 36.4 Å². The zero-order valence-corrected chi connectivity index (χ0v) is 20.2. The van der Waals surface area contributed by atoms with Crippen molar-refractivity contribution < 1.29 is 9.59 Å². The number of anilines is 2. The number of rotatable bonds is 5.